The van der Waals surface area contributed by atoms with Crippen LogP contribution in [0.5, 0.6) is 0 Å². The Morgan fingerprint density at radius 1 is 1.28 bits per heavy atom. The van der Waals surface area contributed by atoms with Crippen molar-refractivity contribution < 1.29 is 14.7 Å². The minimum absolute atomic E-state index is 0.0665. The SMILES string of the molecule is CC1CCSC1C(=O)NC1(C(=O)O)CCCCC1. The fourth-order valence-corrected chi connectivity index (χ4v) is 4.32. The lowest BCUT2D eigenvalue weighted by atomic mass is 9.81. The molecule has 1 heterocycles. The van der Waals surface area contributed by atoms with Gasteiger partial charge in [-0.2, -0.15) is 0 Å². The molecule has 2 aliphatic rings. The first kappa shape index (κ1) is 13.7. The predicted octanol–water partition coefficient (Wildman–Crippen LogP) is 2.03. The van der Waals surface area contributed by atoms with Crippen molar-refractivity contribution in [2.24, 2.45) is 5.92 Å². The maximum Gasteiger partial charge on any atom is 0.329 e. The Labute approximate surface area is 112 Å². The highest BCUT2D eigenvalue weighted by Crippen LogP contribution is 2.34. The van der Waals surface area contributed by atoms with Crippen LogP contribution < -0.4 is 5.32 Å². The molecule has 2 N–H and O–H groups in total. The number of carboxylic acids is 1. The zero-order chi connectivity index (χ0) is 13.2. The van der Waals surface area contributed by atoms with Gasteiger partial charge in [-0.25, -0.2) is 4.79 Å². The molecule has 0 bridgehead atoms. The van der Waals surface area contributed by atoms with Crippen LogP contribution in [-0.4, -0.2) is 33.5 Å². The van der Waals surface area contributed by atoms with E-state index >= 15 is 0 Å². The Kier molecular flexibility index (Phi) is 4.20. The zero-order valence-electron chi connectivity index (χ0n) is 10.8. The van der Waals surface area contributed by atoms with Gasteiger partial charge in [0.2, 0.25) is 5.91 Å². The van der Waals surface area contributed by atoms with Crippen LogP contribution in [0.3, 0.4) is 0 Å². The molecule has 2 atom stereocenters. The summed E-state index contributed by atoms with van der Waals surface area (Å²) in [5.74, 6) is 0.407. The molecule has 1 aliphatic heterocycles. The molecule has 18 heavy (non-hydrogen) atoms. The van der Waals surface area contributed by atoms with E-state index < -0.39 is 11.5 Å². The van der Waals surface area contributed by atoms with Crippen molar-refractivity contribution in [1.29, 1.82) is 0 Å². The number of amides is 1. The smallest absolute Gasteiger partial charge is 0.329 e. The normalized spacial score (nSPS) is 30.9. The van der Waals surface area contributed by atoms with Crippen molar-refractivity contribution in [3.63, 3.8) is 0 Å². The maximum absolute atomic E-state index is 12.2. The molecule has 0 aromatic rings. The van der Waals surface area contributed by atoms with E-state index in [9.17, 15) is 14.7 Å². The number of hydrogen-bond acceptors (Lipinski definition) is 3. The van der Waals surface area contributed by atoms with Gasteiger partial charge in [-0.05, 0) is 30.9 Å². The number of hydrogen-bond donors (Lipinski definition) is 2. The Morgan fingerprint density at radius 2 is 1.94 bits per heavy atom. The Hall–Kier alpha value is -0.710. The van der Waals surface area contributed by atoms with Crippen LogP contribution in [0.15, 0.2) is 0 Å². The van der Waals surface area contributed by atoms with E-state index in [1.807, 2.05) is 0 Å². The lowest BCUT2D eigenvalue weighted by molar-refractivity contribution is -0.149. The second kappa shape index (κ2) is 5.51. The molecule has 0 spiro atoms. The molecular formula is C13H21NO3S. The van der Waals surface area contributed by atoms with Crippen LogP contribution in [0.2, 0.25) is 0 Å². The molecular weight excluding hydrogens is 250 g/mol. The second-order valence-electron chi connectivity index (χ2n) is 5.49. The molecule has 1 saturated heterocycles. The van der Waals surface area contributed by atoms with E-state index in [1.165, 1.54) is 0 Å². The number of carboxylic acid groups (broad SMARTS) is 1. The van der Waals surface area contributed by atoms with Gasteiger partial charge in [0.05, 0.1) is 5.25 Å². The van der Waals surface area contributed by atoms with E-state index in [4.69, 9.17) is 0 Å². The third kappa shape index (κ3) is 2.66. The topological polar surface area (TPSA) is 66.4 Å². The molecule has 2 fully saturated rings. The average molecular weight is 271 g/mol. The van der Waals surface area contributed by atoms with Crippen molar-refractivity contribution in [3.05, 3.63) is 0 Å². The summed E-state index contributed by atoms with van der Waals surface area (Å²) in [6.45, 7) is 2.07. The highest BCUT2D eigenvalue weighted by Gasteiger charge is 2.43. The molecule has 1 aliphatic carbocycles. The van der Waals surface area contributed by atoms with Gasteiger partial charge in [0.25, 0.3) is 0 Å². The van der Waals surface area contributed by atoms with Crippen LogP contribution >= 0.6 is 11.8 Å². The van der Waals surface area contributed by atoms with E-state index in [0.29, 0.717) is 18.8 Å². The molecule has 0 aromatic carbocycles. The van der Waals surface area contributed by atoms with Crippen molar-refractivity contribution in [2.75, 3.05) is 5.75 Å². The van der Waals surface area contributed by atoms with E-state index in [1.54, 1.807) is 11.8 Å². The monoisotopic (exact) mass is 271 g/mol. The van der Waals surface area contributed by atoms with E-state index in [0.717, 1.165) is 31.4 Å². The molecule has 1 saturated carbocycles. The van der Waals surface area contributed by atoms with Crippen molar-refractivity contribution in [1.82, 2.24) is 5.32 Å². The summed E-state index contributed by atoms with van der Waals surface area (Å²) in [6.07, 6.45) is 5.03. The molecule has 2 unspecified atom stereocenters. The molecule has 0 radical (unpaired) electrons. The standard InChI is InChI=1S/C13H21NO3S/c1-9-5-8-18-10(9)11(15)14-13(12(16)17)6-3-2-4-7-13/h9-10H,2-8H2,1H3,(H,14,15)(H,16,17). The van der Waals surface area contributed by atoms with Gasteiger partial charge in [0.1, 0.15) is 5.54 Å². The Balaban J connectivity index is 2.04. The van der Waals surface area contributed by atoms with Gasteiger partial charge in [-0.15, -0.1) is 11.8 Å². The van der Waals surface area contributed by atoms with Crippen molar-refractivity contribution in [2.45, 2.75) is 56.2 Å². The van der Waals surface area contributed by atoms with Crippen molar-refractivity contribution in [3.8, 4) is 0 Å². The summed E-state index contributed by atoms with van der Waals surface area (Å²) < 4.78 is 0. The van der Waals surface area contributed by atoms with Crippen molar-refractivity contribution >= 4 is 23.6 Å². The van der Waals surface area contributed by atoms with Crippen LogP contribution in [0.25, 0.3) is 0 Å². The quantitative estimate of drug-likeness (QED) is 0.824. The zero-order valence-corrected chi connectivity index (χ0v) is 11.6. The molecule has 5 heteroatoms. The number of carbonyl (C=O) groups is 2. The highest BCUT2D eigenvalue weighted by atomic mass is 32.2. The summed E-state index contributed by atoms with van der Waals surface area (Å²) >= 11 is 1.65. The van der Waals surface area contributed by atoms with Crippen LogP contribution in [0, 0.1) is 5.92 Å². The van der Waals surface area contributed by atoms with Gasteiger partial charge >= 0.3 is 5.97 Å². The third-order valence-electron chi connectivity index (χ3n) is 4.12. The summed E-state index contributed by atoms with van der Waals surface area (Å²) in [5.41, 5.74) is -1.00. The number of thioether (sulfide) groups is 1. The summed E-state index contributed by atoms with van der Waals surface area (Å²) in [7, 11) is 0. The molecule has 0 aromatic heterocycles. The summed E-state index contributed by atoms with van der Waals surface area (Å²) in [5, 5.41) is 12.2. The lowest BCUT2D eigenvalue weighted by Gasteiger charge is -2.35. The van der Waals surface area contributed by atoms with Crippen LogP contribution in [0.4, 0.5) is 0 Å². The number of carbonyl (C=O) groups excluding carboxylic acids is 1. The van der Waals surface area contributed by atoms with Gasteiger partial charge in [-0.3, -0.25) is 4.79 Å². The predicted molar refractivity (Wildman–Crippen MR) is 71.6 cm³/mol. The minimum atomic E-state index is -1.00. The van der Waals surface area contributed by atoms with Gasteiger partial charge in [-0.1, -0.05) is 26.2 Å². The minimum Gasteiger partial charge on any atom is -0.480 e. The molecule has 102 valence electrons. The third-order valence-corrected chi connectivity index (χ3v) is 5.63. The largest absolute Gasteiger partial charge is 0.480 e. The Morgan fingerprint density at radius 3 is 2.44 bits per heavy atom. The number of nitrogens with one attached hydrogen (secondary N) is 1. The molecule has 1 amide bonds. The fraction of sp³-hybridized carbons (Fsp3) is 0.846. The second-order valence-corrected chi connectivity index (χ2v) is 6.74. The van der Waals surface area contributed by atoms with Gasteiger partial charge < -0.3 is 10.4 Å². The van der Waals surface area contributed by atoms with Crippen LogP contribution in [-0.2, 0) is 9.59 Å². The summed E-state index contributed by atoms with van der Waals surface area (Å²) in [6, 6.07) is 0. The highest BCUT2D eigenvalue weighted by molar-refractivity contribution is 8.00. The first-order chi connectivity index (χ1) is 8.55. The van der Waals surface area contributed by atoms with E-state index in [2.05, 4.69) is 12.2 Å². The van der Waals surface area contributed by atoms with Gasteiger partial charge in [0, 0.05) is 0 Å². The molecule has 4 nitrogen and oxygen atoms in total. The number of rotatable bonds is 3. The Bertz CT molecular complexity index is 339. The maximum atomic E-state index is 12.2. The van der Waals surface area contributed by atoms with Crippen LogP contribution in [0.1, 0.15) is 45.4 Å². The lowest BCUT2D eigenvalue weighted by Crippen LogP contribution is -2.57. The van der Waals surface area contributed by atoms with E-state index in [-0.39, 0.29) is 11.2 Å². The van der Waals surface area contributed by atoms with Gasteiger partial charge in [0.15, 0.2) is 0 Å². The average Bonchev–Trinajstić information content (AvgIpc) is 2.76. The first-order valence-corrected chi connectivity index (χ1v) is 7.77. The first-order valence-electron chi connectivity index (χ1n) is 6.72. The molecule has 2 rings (SSSR count). The number of aliphatic carboxylic acids is 1. The fourth-order valence-electron chi connectivity index (χ4n) is 2.89. The summed E-state index contributed by atoms with van der Waals surface area (Å²) in [4.78, 5) is 23.7.